The molecule has 2 bridgehead atoms. The molecule has 1 aliphatic heterocycles. The van der Waals surface area contributed by atoms with Gasteiger partial charge in [-0.3, -0.25) is 10.1 Å². The maximum atomic E-state index is 12.7. The number of fused-ring (bicyclic) bond motifs is 5. The molecule has 1 heterocycles. The average Bonchev–Trinajstić information content (AvgIpc) is 3.20. The van der Waals surface area contributed by atoms with Gasteiger partial charge in [-0.15, -0.1) is 0 Å². The van der Waals surface area contributed by atoms with Gasteiger partial charge >= 0.3 is 0 Å². The summed E-state index contributed by atoms with van der Waals surface area (Å²) < 4.78 is 0. The highest BCUT2D eigenvalue weighted by molar-refractivity contribution is 5.92. The predicted molar refractivity (Wildman–Crippen MR) is 67.6 cm³/mol. The Bertz CT molecular complexity index is 414. The van der Waals surface area contributed by atoms with Crippen LogP contribution < -0.4 is 5.32 Å². The number of carbonyl (C=O) groups excluding carboxylic acids is 1. The van der Waals surface area contributed by atoms with E-state index in [1.165, 1.54) is 19.3 Å². The molecule has 1 N–H and O–H groups in total. The molecular formula is C15H22N2O. The van der Waals surface area contributed by atoms with E-state index in [-0.39, 0.29) is 5.54 Å². The van der Waals surface area contributed by atoms with Gasteiger partial charge in [0.25, 0.3) is 0 Å². The minimum absolute atomic E-state index is 0.101. The summed E-state index contributed by atoms with van der Waals surface area (Å²) in [6, 6.07) is 0.626. The van der Waals surface area contributed by atoms with E-state index in [4.69, 9.17) is 0 Å². The fourth-order valence-electron chi connectivity index (χ4n) is 5.61. The van der Waals surface area contributed by atoms with Crippen molar-refractivity contribution in [2.45, 2.75) is 63.2 Å². The SMILES string of the molecule is CCC1NC2(CC2)C(=O)N1C1C2C3CCC(C3)C21. The Morgan fingerprint density at radius 3 is 2.50 bits per heavy atom. The molecule has 18 heavy (non-hydrogen) atoms. The van der Waals surface area contributed by atoms with Crippen LogP contribution in [0.5, 0.6) is 0 Å². The summed E-state index contributed by atoms with van der Waals surface area (Å²) in [5.41, 5.74) is -0.101. The van der Waals surface area contributed by atoms with Gasteiger partial charge in [-0.25, -0.2) is 0 Å². The summed E-state index contributed by atoms with van der Waals surface area (Å²) in [7, 11) is 0. The molecule has 3 heteroatoms. The second-order valence-electron chi connectivity index (χ2n) is 7.34. The molecular weight excluding hydrogens is 224 g/mol. The van der Waals surface area contributed by atoms with Crippen molar-refractivity contribution < 1.29 is 4.79 Å². The zero-order valence-corrected chi connectivity index (χ0v) is 11.1. The molecule has 1 saturated heterocycles. The van der Waals surface area contributed by atoms with Crippen LogP contribution in [0.1, 0.15) is 45.4 Å². The molecule has 0 aromatic rings. The van der Waals surface area contributed by atoms with Gasteiger partial charge < -0.3 is 4.90 Å². The first-order chi connectivity index (χ1) is 8.75. The van der Waals surface area contributed by atoms with Crippen LogP contribution in [0.2, 0.25) is 0 Å². The topological polar surface area (TPSA) is 32.3 Å². The normalized spacial score (nSPS) is 54.3. The second-order valence-corrected chi connectivity index (χ2v) is 7.34. The van der Waals surface area contributed by atoms with Gasteiger partial charge in [0.15, 0.2) is 0 Å². The number of carbonyl (C=O) groups is 1. The third kappa shape index (κ3) is 1.01. The monoisotopic (exact) mass is 246 g/mol. The molecule has 5 unspecified atom stereocenters. The van der Waals surface area contributed by atoms with Crippen LogP contribution >= 0.6 is 0 Å². The predicted octanol–water partition coefficient (Wildman–Crippen LogP) is 1.73. The smallest absolute Gasteiger partial charge is 0.244 e. The van der Waals surface area contributed by atoms with E-state index in [0.717, 1.165) is 42.9 Å². The standard InChI is InChI=1S/C15H22N2O/c1-2-10-16-15(5-6-15)14(18)17(10)13-11-8-3-4-9(7-8)12(11)13/h8-13,16H,2-7H2,1H3. The fourth-order valence-corrected chi connectivity index (χ4v) is 5.61. The second kappa shape index (κ2) is 2.95. The molecule has 0 radical (unpaired) electrons. The highest BCUT2D eigenvalue weighted by Gasteiger charge is 2.71. The van der Waals surface area contributed by atoms with Crippen molar-refractivity contribution in [3.05, 3.63) is 0 Å². The fraction of sp³-hybridized carbons (Fsp3) is 0.933. The van der Waals surface area contributed by atoms with E-state index in [2.05, 4.69) is 17.1 Å². The third-order valence-electron chi connectivity index (χ3n) is 6.58. The summed E-state index contributed by atoms with van der Waals surface area (Å²) in [6.07, 6.45) is 7.93. The van der Waals surface area contributed by atoms with Gasteiger partial charge in [0.1, 0.15) is 0 Å². The average molecular weight is 246 g/mol. The first kappa shape index (κ1) is 10.2. The van der Waals surface area contributed by atoms with Gasteiger partial charge in [-0.1, -0.05) is 6.92 Å². The van der Waals surface area contributed by atoms with Crippen LogP contribution in [-0.4, -0.2) is 28.6 Å². The molecule has 5 rings (SSSR count). The van der Waals surface area contributed by atoms with Crippen LogP contribution in [-0.2, 0) is 4.79 Å². The van der Waals surface area contributed by atoms with Crippen molar-refractivity contribution in [1.29, 1.82) is 0 Å². The number of hydrogen-bond donors (Lipinski definition) is 1. The molecule has 3 nitrogen and oxygen atoms in total. The largest absolute Gasteiger partial charge is 0.322 e. The molecule has 1 spiro atoms. The van der Waals surface area contributed by atoms with Gasteiger partial charge in [-0.2, -0.15) is 0 Å². The Balaban J connectivity index is 1.45. The van der Waals surface area contributed by atoms with Crippen LogP contribution in [0.15, 0.2) is 0 Å². The van der Waals surface area contributed by atoms with E-state index in [0.29, 0.717) is 18.1 Å². The van der Waals surface area contributed by atoms with Crippen molar-refractivity contribution >= 4 is 5.91 Å². The Hall–Kier alpha value is -0.570. The van der Waals surface area contributed by atoms with E-state index in [9.17, 15) is 4.79 Å². The minimum Gasteiger partial charge on any atom is -0.322 e. The quantitative estimate of drug-likeness (QED) is 0.805. The van der Waals surface area contributed by atoms with Crippen LogP contribution in [0.25, 0.3) is 0 Å². The van der Waals surface area contributed by atoms with Crippen molar-refractivity contribution in [3.63, 3.8) is 0 Å². The van der Waals surface area contributed by atoms with E-state index >= 15 is 0 Å². The summed E-state index contributed by atoms with van der Waals surface area (Å²) in [5, 5.41) is 3.63. The lowest BCUT2D eigenvalue weighted by atomic mass is 10.0. The molecule has 4 saturated carbocycles. The van der Waals surface area contributed by atoms with Crippen molar-refractivity contribution in [1.82, 2.24) is 10.2 Å². The first-order valence-corrected chi connectivity index (χ1v) is 7.85. The molecule has 5 atom stereocenters. The molecule has 5 fully saturated rings. The molecule has 5 aliphatic rings. The highest BCUT2D eigenvalue weighted by atomic mass is 16.2. The molecule has 1 amide bonds. The van der Waals surface area contributed by atoms with E-state index < -0.39 is 0 Å². The van der Waals surface area contributed by atoms with Crippen molar-refractivity contribution in [2.24, 2.45) is 23.7 Å². The molecule has 98 valence electrons. The number of hydrogen-bond acceptors (Lipinski definition) is 2. The molecule has 4 aliphatic carbocycles. The first-order valence-electron chi connectivity index (χ1n) is 7.85. The Morgan fingerprint density at radius 1 is 1.28 bits per heavy atom. The van der Waals surface area contributed by atoms with Crippen LogP contribution in [0, 0.1) is 23.7 Å². The van der Waals surface area contributed by atoms with Crippen LogP contribution in [0.3, 0.4) is 0 Å². The van der Waals surface area contributed by atoms with Gasteiger partial charge in [0.05, 0.1) is 11.7 Å². The Kier molecular flexibility index (Phi) is 1.68. The van der Waals surface area contributed by atoms with Gasteiger partial charge in [0.2, 0.25) is 5.91 Å². The summed E-state index contributed by atoms with van der Waals surface area (Å²) >= 11 is 0. The number of rotatable bonds is 2. The number of nitrogens with one attached hydrogen (secondary N) is 1. The van der Waals surface area contributed by atoms with Crippen molar-refractivity contribution in [2.75, 3.05) is 0 Å². The number of amides is 1. The lowest BCUT2D eigenvalue weighted by molar-refractivity contribution is -0.132. The Labute approximate surface area is 108 Å². The lowest BCUT2D eigenvalue weighted by Crippen LogP contribution is -2.40. The maximum absolute atomic E-state index is 12.7. The zero-order valence-electron chi connectivity index (χ0n) is 11.1. The summed E-state index contributed by atoms with van der Waals surface area (Å²) in [6.45, 7) is 2.21. The molecule has 0 aromatic heterocycles. The summed E-state index contributed by atoms with van der Waals surface area (Å²) in [4.78, 5) is 15.0. The van der Waals surface area contributed by atoms with Gasteiger partial charge in [0, 0.05) is 6.04 Å². The van der Waals surface area contributed by atoms with Gasteiger partial charge in [-0.05, 0) is 62.2 Å². The highest BCUT2D eigenvalue weighted by Crippen LogP contribution is 2.68. The molecule has 0 aromatic carbocycles. The van der Waals surface area contributed by atoms with Crippen molar-refractivity contribution in [3.8, 4) is 0 Å². The van der Waals surface area contributed by atoms with E-state index in [1.54, 1.807) is 0 Å². The maximum Gasteiger partial charge on any atom is 0.244 e. The van der Waals surface area contributed by atoms with Crippen LogP contribution in [0.4, 0.5) is 0 Å². The zero-order chi connectivity index (χ0) is 12.1. The minimum atomic E-state index is -0.101. The lowest BCUT2D eigenvalue weighted by Gasteiger charge is -2.26. The Morgan fingerprint density at radius 2 is 1.94 bits per heavy atom. The third-order valence-corrected chi connectivity index (χ3v) is 6.58. The number of nitrogens with zero attached hydrogens (tertiary/aromatic N) is 1. The van der Waals surface area contributed by atoms with E-state index in [1.807, 2.05) is 0 Å². The summed E-state index contributed by atoms with van der Waals surface area (Å²) in [5.74, 6) is 4.15.